The third-order valence-electron chi connectivity index (χ3n) is 2.45. The van der Waals surface area contributed by atoms with Crippen molar-refractivity contribution in [3.63, 3.8) is 0 Å². The molecule has 0 aliphatic carbocycles. The molecule has 19 heavy (non-hydrogen) atoms. The van der Waals surface area contributed by atoms with Crippen molar-refractivity contribution in [3.05, 3.63) is 17.9 Å². The predicted molar refractivity (Wildman–Crippen MR) is 66.6 cm³/mol. The molecule has 0 bridgehead atoms. The summed E-state index contributed by atoms with van der Waals surface area (Å²) in [6.07, 6.45) is 0. The minimum absolute atomic E-state index is 0.166. The minimum atomic E-state index is -3.86. The molecule has 0 atom stereocenters. The van der Waals surface area contributed by atoms with Gasteiger partial charge in [0, 0.05) is 19.7 Å². The molecule has 0 unspecified atom stereocenters. The molecule has 8 heteroatoms. The SMILES string of the molecule is COCCN(C(C)C)S(=O)(=O)c1ccc(C(=O)O)o1. The molecule has 7 nitrogen and oxygen atoms in total. The van der Waals surface area contributed by atoms with E-state index in [0.29, 0.717) is 0 Å². The predicted octanol–water partition coefficient (Wildman–Crippen LogP) is 1.02. The van der Waals surface area contributed by atoms with Crippen LogP contribution in [0.2, 0.25) is 0 Å². The van der Waals surface area contributed by atoms with Crippen molar-refractivity contribution in [2.75, 3.05) is 20.3 Å². The van der Waals surface area contributed by atoms with E-state index in [-0.39, 0.29) is 24.3 Å². The fourth-order valence-electron chi connectivity index (χ4n) is 1.53. The summed E-state index contributed by atoms with van der Waals surface area (Å²) in [4.78, 5) is 10.7. The molecule has 1 aromatic heterocycles. The zero-order valence-electron chi connectivity index (χ0n) is 11.0. The quantitative estimate of drug-likeness (QED) is 0.805. The third kappa shape index (κ3) is 3.55. The van der Waals surface area contributed by atoms with Crippen LogP contribution in [-0.2, 0) is 14.8 Å². The van der Waals surface area contributed by atoms with E-state index in [1.807, 2.05) is 0 Å². The first-order chi connectivity index (χ1) is 8.80. The van der Waals surface area contributed by atoms with Crippen LogP contribution in [0.15, 0.2) is 21.6 Å². The van der Waals surface area contributed by atoms with Gasteiger partial charge in [-0.15, -0.1) is 0 Å². The molecule has 0 amide bonds. The lowest BCUT2D eigenvalue weighted by Crippen LogP contribution is -2.39. The molecule has 0 saturated carbocycles. The maximum absolute atomic E-state index is 12.3. The molecule has 0 aromatic carbocycles. The largest absolute Gasteiger partial charge is 0.475 e. The van der Waals surface area contributed by atoms with Gasteiger partial charge >= 0.3 is 5.97 Å². The molecular weight excluding hydrogens is 274 g/mol. The van der Waals surface area contributed by atoms with E-state index in [4.69, 9.17) is 14.3 Å². The van der Waals surface area contributed by atoms with Crippen molar-refractivity contribution in [2.45, 2.75) is 25.0 Å². The number of carboxylic acids is 1. The Morgan fingerprint density at radius 3 is 2.53 bits per heavy atom. The Labute approximate surface area is 111 Å². The highest BCUT2D eigenvalue weighted by molar-refractivity contribution is 7.89. The normalized spacial score (nSPS) is 12.3. The van der Waals surface area contributed by atoms with Crippen LogP contribution in [0.1, 0.15) is 24.4 Å². The summed E-state index contributed by atoms with van der Waals surface area (Å²) in [5.41, 5.74) is 0. The third-order valence-corrected chi connectivity index (χ3v) is 4.40. The highest BCUT2D eigenvalue weighted by atomic mass is 32.2. The molecule has 0 saturated heterocycles. The summed E-state index contributed by atoms with van der Waals surface area (Å²) in [5.74, 6) is -1.72. The molecule has 108 valence electrons. The summed E-state index contributed by atoms with van der Waals surface area (Å²) in [5, 5.41) is 8.35. The smallest absolute Gasteiger partial charge is 0.371 e. The van der Waals surface area contributed by atoms with E-state index in [0.717, 1.165) is 12.1 Å². The molecule has 0 spiro atoms. The van der Waals surface area contributed by atoms with Crippen LogP contribution in [0, 0.1) is 0 Å². The monoisotopic (exact) mass is 291 g/mol. The van der Waals surface area contributed by atoms with Gasteiger partial charge < -0.3 is 14.3 Å². The van der Waals surface area contributed by atoms with Crippen LogP contribution in [0.3, 0.4) is 0 Å². The summed E-state index contributed by atoms with van der Waals surface area (Å²) < 4.78 is 35.5. The number of ether oxygens (including phenoxy) is 1. The summed E-state index contributed by atoms with van der Waals surface area (Å²) >= 11 is 0. The maximum atomic E-state index is 12.3. The Kier molecular flexibility index (Phi) is 5.10. The van der Waals surface area contributed by atoms with Gasteiger partial charge in [-0.05, 0) is 26.0 Å². The number of carboxylic acid groups (broad SMARTS) is 1. The van der Waals surface area contributed by atoms with Gasteiger partial charge in [0.05, 0.1) is 6.61 Å². The molecule has 0 aliphatic heterocycles. The number of carbonyl (C=O) groups is 1. The average Bonchev–Trinajstić information content (AvgIpc) is 2.78. The molecule has 1 rings (SSSR count). The Hall–Kier alpha value is -1.38. The fourth-order valence-corrected chi connectivity index (χ4v) is 3.06. The fraction of sp³-hybridized carbons (Fsp3) is 0.545. The highest BCUT2D eigenvalue weighted by Crippen LogP contribution is 2.20. The lowest BCUT2D eigenvalue weighted by Gasteiger charge is -2.24. The summed E-state index contributed by atoms with van der Waals surface area (Å²) in [7, 11) is -2.39. The van der Waals surface area contributed by atoms with Crippen LogP contribution < -0.4 is 0 Å². The Bertz CT molecular complexity index is 533. The number of nitrogens with zero attached hydrogens (tertiary/aromatic N) is 1. The number of methoxy groups -OCH3 is 1. The molecule has 1 N–H and O–H groups in total. The zero-order valence-corrected chi connectivity index (χ0v) is 11.8. The molecule has 0 fully saturated rings. The van der Waals surface area contributed by atoms with E-state index in [1.54, 1.807) is 13.8 Å². The van der Waals surface area contributed by atoms with E-state index in [1.165, 1.54) is 11.4 Å². The van der Waals surface area contributed by atoms with Crippen molar-refractivity contribution in [1.82, 2.24) is 4.31 Å². The van der Waals surface area contributed by atoms with Gasteiger partial charge in [0.15, 0.2) is 0 Å². The zero-order chi connectivity index (χ0) is 14.6. The van der Waals surface area contributed by atoms with Gasteiger partial charge in [0.25, 0.3) is 10.0 Å². The Morgan fingerprint density at radius 1 is 1.47 bits per heavy atom. The first kappa shape index (κ1) is 15.7. The Morgan fingerprint density at radius 2 is 2.11 bits per heavy atom. The number of furan rings is 1. The molecule has 1 aromatic rings. The van der Waals surface area contributed by atoms with E-state index < -0.39 is 21.8 Å². The van der Waals surface area contributed by atoms with Gasteiger partial charge in [-0.1, -0.05) is 0 Å². The van der Waals surface area contributed by atoms with Crippen LogP contribution in [0.5, 0.6) is 0 Å². The number of hydrogen-bond donors (Lipinski definition) is 1. The highest BCUT2D eigenvalue weighted by Gasteiger charge is 2.30. The van der Waals surface area contributed by atoms with Crippen molar-refractivity contribution >= 4 is 16.0 Å². The molecular formula is C11H17NO6S. The Balaban J connectivity index is 3.07. The second-order valence-corrected chi connectivity index (χ2v) is 5.95. The standard InChI is InChI=1S/C11H17NO6S/c1-8(2)12(6-7-17-3)19(15,16)10-5-4-9(18-10)11(13)14/h4-5,8H,6-7H2,1-3H3,(H,13,14). The van der Waals surface area contributed by atoms with Gasteiger partial charge in [0.1, 0.15) is 0 Å². The van der Waals surface area contributed by atoms with Crippen molar-refractivity contribution in [1.29, 1.82) is 0 Å². The number of aromatic carboxylic acids is 1. The number of rotatable bonds is 7. The molecule has 0 radical (unpaired) electrons. The van der Waals surface area contributed by atoms with Crippen molar-refractivity contribution in [3.8, 4) is 0 Å². The van der Waals surface area contributed by atoms with E-state index in [2.05, 4.69) is 0 Å². The summed E-state index contributed by atoms with van der Waals surface area (Å²) in [6.45, 7) is 3.84. The minimum Gasteiger partial charge on any atom is -0.475 e. The molecule has 0 aliphatic rings. The summed E-state index contributed by atoms with van der Waals surface area (Å²) in [6, 6.07) is 1.96. The van der Waals surface area contributed by atoms with Gasteiger partial charge in [-0.2, -0.15) is 4.31 Å². The topological polar surface area (TPSA) is 97.0 Å². The van der Waals surface area contributed by atoms with Crippen LogP contribution in [0.4, 0.5) is 0 Å². The van der Waals surface area contributed by atoms with Crippen LogP contribution >= 0.6 is 0 Å². The second-order valence-electron chi connectivity index (χ2n) is 4.13. The first-order valence-electron chi connectivity index (χ1n) is 5.64. The van der Waals surface area contributed by atoms with Crippen molar-refractivity contribution < 1.29 is 27.5 Å². The van der Waals surface area contributed by atoms with Gasteiger partial charge in [-0.25, -0.2) is 13.2 Å². The van der Waals surface area contributed by atoms with Crippen molar-refractivity contribution in [2.24, 2.45) is 0 Å². The lowest BCUT2D eigenvalue weighted by atomic mass is 10.4. The van der Waals surface area contributed by atoms with E-state index in [9.17, 15) is 13.2 Å². The lowest BCUT2D eigenvalue weighted by molar-refractivity contribution is 0.0656. The van der Waals surface area contributed by atoms with Crippen LogP contribution in [-0.4, -0.2) is 50.1 Å². The van der Waals surface area contributed by atoms with Gasteiger partial charge in [0.2, 0.25) is 10.9 Å². The molecule has 1 heterocycles. The second kappa shape index (κ2) is 6.18. The van der Waals surface area contributed by atoms with E-state index >= 15 is 0 Å². The average molecular weight is 291 g/mol. The maximum Gasteiger partial charge on any atom is 0.371 e. The first-order valence-corrected chi connectivity index (χ1v) is 7.08. The number of hydrogen-bond acceptors (Lipinski definition) is 5. The number of sulfonamides is 1. The van der Waals surface area contributed by atoms with Gasteiger partial charge in [-0.3, -0.25) is 0 Å². The van der Waals surface area contributed by atoms with Crippen LogP contribution in [0.25, 0.3) is 0 Å².